The first-order valence-electron chi connectivity index (χ1n) is 11.3. The monoisotopic (exact) mass is 439 g/mol. The number of nitrogens with one attached hydrogen (secondary N) is 1. The molecule has 0 bridgehead atoms. The van der Waals surface area contributed by atoms with Gasteiger partial charge in [-0.25, -0.2) is 0 Å². The Morgan fingerprint density at radius 2 is 1.76 bits per heavy atom. The Labute approximate surface area is 194 Å². The molecule has 0 unspecified atom stereocenters. The third kappa shape index (κ3) is 5.01. The molecule has 0 saturated carbocycles. The summed E-state index contributed by atoms with van der Waals surface area (Å²) in [5.41, 5.74) is 6.81. The number of ether oxygens (including phenoxy) is 1. The minimum absolute atomic E-state index is 0.112. The summed E-state index contributed by atoms with van der Waals surface area (Å²) in [6.45, 7) is 7.02. The zero-order valence-corrected chi connectivity index (χ0v) is 19.4. The molecule has 0 spiro atoms. The van der Waals surface area contributed by atoms with Gasteiger partial charge in [-0.2, -0.15) is 0 Å². The molecule has 4 nitrogen and oxygen atoms in total. The molecule has 0 aliphatic carbocycles. The van der Waals surface area contributed by atoms with Crippen LogP contribution in [0, 0.1) is 6.92 Å². The summed E-state index contributed by atoms with van der Waals surface area (Å²) in [5.74, 6) is 0.643. The predicted octanol–water partition coefficient (Wildman–Crippen LogP) is 6.57. The molecule has 1 amide bonds. The van der Waals surface area contributed by atoms with Gasteiger partial charge in [0.05, 0.1) is 12.9 Å². The molecule has 0 aliphatic heterocycles. The van der Waals surface area contributed by atoms with Gasteiger partial charge in [0, 0.05) is 34.7 Å². The SMILES string of the molecule is CCOc1c(/C(C)=C/C(=O)NCCc2ccccc2)cc2c(-c3ccccc3)coc2c1C. The summed E-state index contributed by atoms with van der Waals surface area (Å²) in [6, 6.07) is 22.4. The summed E-state index contributed by atoms with van der Waals surface area (Å²) >= 11 is 0. The molecule has 0 atom stereocenters. The zero-order valence-electron chi connectivity index (χ0n) is 19.4. The largest absolute Gasteiger partial charge is 0.493 e. The van der Waals surface area contributed by atoms with Crippen molar-refractivity contribution in [2.45, 2.75) is 27.2 Å². The molecule has 4 heteroatoms. The van der Waals surface area contributed by atoms with E-state index in [0.717, 1.165) is 51.0 Å². The van der Waals surface area contributed by atoms with E-state index >= 15 is 0 Å². The van der Waals surface area contributed by atoms with Crippen LogP contribution in [-0.2, 0) is 11.2 Å². The number of fused-ring (bicyclic) bond motifs is 1. The second kappa shape index (κ2) is 10.2. The Morgan fingerprint density at radius 1 is 1.06 bits per heavy atom. The molecule has 0 aliphatic rings. The Balaban J connectivity index is 1.64. The number of allylic oxidation sites excluding steroid dienone is 1. The summed E-state index contributed by atoms with van der Waals surface area (Å²) < 4.78 is 12.0. The van der Waals surface area contributed by atoms with Gasteiger partial charge in [-0.1, -0.05) is 60.7 Å². The van der Waals surface area contributed by atoms with Gasteiger partial charge in [0.1, 0.15) is 11.3 Å². The van der Waals surface area contributed by atoms with Crippen LogP contribution in [0.5, 0.6) is 5.75 Å². The molecule has 1 aromatic heterocycles. The minimum Gasteiger partial charge on any atom is -0.493 e. The van der Waals surface area contributed by atoms with Crippen LogP contribution in [0.4, 0.5) is 0 Å². The molecule has 3 aromatic carbocycles. The van der Waals surface area contributed by atoms with E-state index in [2.05, 4.69) is 35.6 Å². The molecular weight excluding hydrogens is 410 g/mol. The minimum atomic E-state index is -0.112. The maximum absolute atomic E-state index is 12.6. The standard InChI is InChI=1S/C29H29NO3/c1-4-32-28-21(3)29-25(26(19-33-29)23-13-9-6-10-14-23)18-24(28)20(2)17-27(31)30-16-15-22-11-7-5-8-12-22/h5-14,17-19H,4,15-16H2,1-3H3,(H,30,31)/b20-17+. The maximum Gasteiger partial charge on any atom is 0.244 e. The zero-order chi connectivity index (χ0) is 23.2. The Bertz CT molecular complexity index is 1270. The van der Waals surface area contributed by atoms with Crippen molar-refractivity contribution < 1.29 is 13.9 Å². The van der Waals surface area contributed by atoms with Crippen molar-refractivity contribution in [1.29, 1.82) is 0 Å². The smallest absolute Gasteiger partial charge is 0.244 e. The lowest BCUT2D eigenvalue weighted by Crippen LogP contribution is -2.23. The summed E-state index contributed by atoms with van der Waals surface area (Å²) in [5, 5.41) is 4.00. The van der Waals surface area contributed by atoms with E-state index in [1.165, 1.54) is 5.56 Å². The molecular formula is C29H29NO3. The Hall–Kier alpha value is -3.79. The molecule has 4 aromatic rings. The van der Waals surface area contributed by atoms with Gasteiger partial charge in [-0.05, 0) is 50.0 Å². The van der Waals surface area contributed by atoms with Crippen LogP contribution in [0.15, 0.2) is 83.5 Å². The van der Waals surface area contributed by atoms with E-state index in [9.17, 15) is 4.79 Å². The third-order valence-corrected chi connectivity index (χ3v) is 5.75. The fourth-order valence-electron chi connectivity index (χ4n) is 4.08. The molecule has 1 N–H and O–H groups in total. The Morgan fingerprint density at radius 3 is 2.45 bits per heavy atom. The van der Waals surface area contributed by atoms with Crippen molar-refractivity contribution in [1.82, 2.24) is 5.32 Å². The van der Waals surface area contributed by atoms with Crippen LogP contribution >= 0.6 is 0 Å². The number of hydrogen-bond donors (Lipinski definition) is 1. The summed E-state index contributed by atoms with van der Waals surface area (Å²) in [4.78, 5) is 12.6. The Kier molecular flexibility index (Phi) is 6.94. The number of benzene rings is 3. The molecule has 168 valence electrons. The highest BCUT2D eigenvalue weighted by Crippen LogP contribution is 2.40. The maximum atomic E-state index is 12.6. The highest BCUT2D eigenvalue weighted by Gasteiger charge is 2.19. The number of carbonyl (C=O) groups excluding carboxylic acids is 1. The third-order valence-electron chi connectivity index (χ3n) is 5.75. The van der Waals surface area contributed by atoms with Crippen molar-refractivity contribution in [2.75, 3.05) is 13.2 Å². The van der Waals surface area contributed by atoms with E-state index in [4.69, 9.17) is 9.15 Å². The lowest BCUT2D eigenvalue weighted by atomic mass is 9.96. The van der Waals surface area contributed by atoms with Crippen LogP contribution in [0.2, 0.25) is 0 Å². The van der Waals surface area contributed by atoms with Crippen LogP contribution in [0.1, 0.15) is 30.5 Å². The average Bonchev–Trinajstić information content (AvgIpc) is 3.26. The number of hydrogen-bond acceptors (Lipinski definition) is 3. The van der Waals surface area contributed by atoms with Gasteiger partial charge in [-0.15, -0.1) is 0 Å². The molecule has 1 heterocycles. The van der Waals surface area contributed by atoms with Crippen molar-refractivity contribution in [3.05, 3.63) is 95.8 Å². The van der Waals surface area contributed by atoms with Crippen molar-refractivity contribution in [3.8, 4) is 16.9 Å². The number of carbonyl (C=O) groups is 1. The van der Waals surface area contributed by atoms with E-state index in [1.54, 1.807) is 12.3 Å². The first-order valence-corrected chi connectivity index (χ1v) is 11.3. The predicted molar refractivity (Wildman–Crippen MR) is 134 cm³/mol. The topological polar surface area (TPSA) is 51.5 Å². The first-order chi connectivity index (χ1) is 16.1. The highest BCUT2D eigenvalue weighted by molar-refractivity contribution is 6.01. The quantitative estimate of drug-likeness (QED) is 0.316. The molecule has 0 saturated heterocycles. The average molecular weight is 440 g/mol. The fourth-order valence-corrected chi connectivity index (χ4v) is 4.08. The second-order valence-electron chi connectivity index (χ2n) is 8.06. The highest BCUT2D eigenvalue weighted by atomic mass is 16.5. The number of amides is 1. The van der Waals surface area contributed by atoms with Crippen LogP contribution in [-0.4, -0.2) is 19.1 Å². The van der Waals surface area contributed by atoms with Crippen molar-refractivity contribution in [3.63, 3.8) is 0 Å². The van der Waals surface area contributed by atoms with Gasteiger partial charge in [0.2, 0.25) is 5.91 Å². The second-order valence-corrected chi connectivity index (χ2v) is 8.06. The number of rotatable bonds is 8. The lowest BCUT2D eigenvalue weighted by molar-refractivity contribution is -0.116. The van der Waals surface area contributed by atoms with Gasteiger partial charge >= 0.3 is 0 Å². The van der Waals surface area contributed by atoms with E-state index < -0.39 is 0 Å². The van der Waals surface area contributed by atoms with Gasteiger partial charge in [-0.3, -0.25) is 4.79 Å². The lowest BCUT2D eigenvalue weighted by Gasteiger charge is -2.15. The van der Waals surface area contributed by atoms with E-state index in [1.807, 2.05) is 57.2 Å². The molecule has 0 radical (unpaired) electrons. The molecule has 4 rings (SSSR count). The van der Waals surface area contributed by atoms with Crippen molar-refractivity contribution in [2.24, 2.45) is 0 Å². The first kappa shape index (κ1) is 22.4. The van der Waals surface area contributed by atoms with Crippen LogP contribution in [0.25, 0.3) is 27.7 Å². The number of aryl methyl sites for hydroxylation is 1. The summed E-state index contributed by atoms with van der Waals surface area (Å²) in [6.07, 6.45) is 4.24. The van der Waals surface area contributed by atoms with E-state index in [-0.39, 0.29) is 5.91 Å². The van der Waals surface area contributed by atoms with Crippen LogP contribution in [0.3, 0.4) is 0 Å². The van der Waals surface area contributed by atoms with Crippen molar-refractivity contribution >= 4 is 22.4 Å². The van der Waals surface area contributed by atoms with Gasteiger partial charge < -0.3 is 14.5 Å². The molecule has 0 fully saturated rings. The fraction of sp³-hybridized carbons (Fsp3) is 0.207. The van der Waals surface area contributed by atoms with Crippen LogP contribution < -0.4 is 10.1 Å². The molecule has 33 heavy (non-hydrogen) atoms. The summed E-state index contributed by atoms with van der Waals surface area (Å²) in [7, 11) is 0. The van der Waals surface area contributed by atoms with Gasteiger partial charge in [0.25, 0.3) is 0 Å². The van der Waals surface area contributed by atoms with E-state index in [0.29, 0.717) is 13.2 Å². The van der Waals surface area contributed by atoms with Gasteiger partial charge in [0.15, 0.2) is 0 Å². The normalized spacial score (nSPS) is 11.5. The number of furan rings is 1.